The van der Waals surface area contributed by atoms with Crippen LogP contribution in [0.2, 0.25) is 0 Å². The first-order chi connectivity index (χ1) is 11.1. The highest BCUT2D eigenvalue weighted by Gasteiger charge is 2.12. The Morgan fingerprint density at radius 2 is 2.00 bits per heavy atom. The summed E-state index contributed by atoms with van der Waals surface area (Å²) in [5.74, 6) is 1.38. The highest BCUT2D eigenvalue weighted by atomic mass is 79.9. The summed E-state index contributed by atoms with van der Waals surface area (Å²) in [5, 5.41) is 4.37. The van der Waals surface area contributed by atoms with Crippen LogP contribution >= 0.6 is 15.9 Å². The van der Waals surface area contributed by atoms with Gasteiger partial charge in [0.25, 0.3) is 0 Å². The number of rotatable bonds is 5. The number of ether oxygens (including phenoxy) is 3. The Morgan fingerprint density at radius 1 is 1.17 bits per heavy atom. The summed E-state index contributed by atoms with van der Waals surface area (Å²) in [6, 6.07) is 7.67. The van der Waals surface area contributed by atoms with Crippen LogP contribution in [0.4, 0.5) is 0 Å². The lowest BCUT2D eigenvalue weighted by Gasteiger charge is -2.10. The van der Waals surface area contributed by atoms with Gasteiger partial charge in [0.1, 0.15) is 11.3 Å². The molecule has 0 N–H and O–H groups in total. The average molecular weight is 378 g/mol. The monoisotopic (exact) mass is 377 g/mol. The van der Waals surface area contributed by atoms with Crippen molar-refractivity contribution >= 4 is 27.0 Å². The van der Waals surface area contributed by atoms with Crippen LogP contribution in [0.25, 0.3) is 22.3 Å². The zero-order valence-corrected chi connectivity index (χ0v) is 14.6. The van der Waals surface area contributed by atoms with Gasteiger partial charge in [0.2, 0.25) is 0 Å². The number of hydrogen-bond donors (Lipinski definition) is 0. The Kier molecular flexibility index (Phi) is 4.49. The predicted octanol–water partition coefficient (Wildman–Crippen LogP) is 3.39. The molecule has 2 heterocycles. The van der Waals surface area contributed by atoms with Crippen LogP contribution in [0.3, 0.4) is 0 Å². The van der Waals surface area contributed by atoms with Crippen molar-refractivity contribution in [3.8, 4) is 22.8 Å². The number of aromatic nitrogens is 3. The second-order valence-corrected chi connectivity index (χ2v) is 5.80. The van der Waals surface area contributed by atoms with E-state index in [0.717, 1.165) is 26.8 Å². The molecule has 0 saturated heterocycles. The van der Waals surface area contributed by atoms with Crippen molar-refractivity contribution in [2.45, 2.75) is 0 Å². The van der Waals surface area contributed by atoms with E-state index in [1.807, 2.05) is 37.5 Å². The third kappa shape index (κ3) is 3.16. The highest BCUT2D eigenvalue weighted by Crippen LogP contribution is 2.33. The molecule has 6 nitrogen and oxygen atoms in total. The quantitative estimate of drug-likeness (QED) is 0.637. The molecule has 2 aromatic heterocycles. The van der Waals surface area contributed by atoms with Crippen molar-refractivity contribution in [1.82, 2.24) is 14.8 Å². The maximum absolute atomic E-state index is 5.55. The summed E-state index contributed by atoms with van der Waals surface area (Å²) < 4.78 is 18.5. The minimum atomic E-state index is 0.181. The number of aryl methyl sites for hydroxylation is 1. The van der Waals surface area contributed by atoms with Gasteiger partial charge in [-0.3, -0.25) is 4.68 Å². The van der Waals surface area contributed by atoms with E-state index < -0.39 is 0 Å². The molecule has 1 aromatic carbocycles. The van der Waals surface area contributed by atoms with E-state index in [1.165, 1.54) is 0 Å². The second kappa shape index (κ2) is 6.55. The summed E-state index contributed by atoms with van der Waals surface area (Å²) >= 11 is 3.47. The van der Waals surface area contributed by atoms with Gasteiger partial charge in [0.15, 0.2) is 18.1 Å². The smallest absolute Gasteiger partial charge is 0.188 e. The van der Waals surface area contributed by atoms with Gasteiger partial charge in [0.05, 0.1) is 23.5 Å². The summed E-state index contributed by atoms with van der Waals surface area (Å²) in [5.41, 5.74) is 3.23. The molecule has 0 saturated carbocycles. The zero-order chi connectivity index (χ0) is 16.4. The van der Waals surface area contributed by atoms with E-state index >= 15 is 0 Å². The third-order valence-electron chi connectivity index (χ3n) is 3.33. The lowest BCUT2D eigenvalue weighted by atomic mass is 10.1. The number of methoxy groups -OCH3 is 2. The Morgan fingerprint density at radius 3 is 2.74 bits per heavy atom. The van der Waals surface area contributed by atoms with Gasteiger partial charge >= 0.3 is 0 Å². The molecule has 0 aliphatic heterocycles. The van der Waals surface area contributed by atoms with E-state index in [1.54, 1.807) is 18.9 Å². The topological polar surface area (TPSA) is 58.4 Å². The van der Waals surface area contributed by atoms with Crippen molar-refractivity contribution in [2.24, 2.45) is 7.05 Å². The van der Waals surface area contributed by atoms with Gasteiger partial charge < -0.3 is 14.2 Å². The van der Waals surface area contributed by atoms with Gasteiger partial charge in [-0.1, -0.05) is 6.07 Å². The van der Waals surface area contributed by atoms with Crippen LogP contribution in [-0.2, 0) is 11.8 Å². The fourth-order valence-electron chi connectivity index (χ4n) is 2.29. The van der Waals surface area contributed by atoms with Crippen LogP contribution in [0.5, 0.6) is 11.5 Å². The molecule has 0 fully saturated rings. The number of benzene rings is 1. The first-order valence-electron chi connectivity index (χ1n) is 6.92. The minimum absolute atomic E-state index is 0.181. The minimum Gasteiger partial charge on any atom is -0.494 e. The molecule has 0 radical (unpaired) electrons. The normalized spacial score (nSPS) is 11.0. The Balaban J connectivity index is 2.09. The van der Waals surface area contributed by atoms with Gasteiger partial charge in [-0.2, -0.15) is 5.10 Å². The fraction of sp³-hybridized carbons (Fsp3) is 0.250. The summed E-state index contributed by atoms with van der Waals surface area (Å²) in [4.78, 5) is 4.66. The Bertz CT molecular complexity index is 848. The van der Waals surface area contributed by atoms with E-state index in [4.69, 9.17) is 14.2 Å². The van der Waals surface area contributed by atoms with E-state index in [2.05, 4.69) is 26.0 Å². The molecule has 0 unspecified atom stereocenters. The summed E-state index contributed by atoms with van der Waals surface area (Å²) in [6.45, 7) is 0.181. The highest BCUT2D eigenvalue weighted by molar-refractivity contribution is 9.10. The largest absolute Gasteiger partial charge is 0.494 e. The van der Waals surface area contributed by atoms with Gasteiger partial charge in [-0.25, -0.2) is 4.98 Å². The molecule has 7 heteroatoms. The van der Waals surface area contributed by atoms with Gasteiger partial charge in [-0.15, -0.1) is 0 Å². The number of halogens is 1. The molecule has 0 amide bonds. The maximum atomic E-state index is 5.55. The summed E-state index contributed by atoms with van der Waals surface area (Å²) in [6.07, 6.45) is 1.86. The molecule has 0 spiro atoms. The zero-order valence-electron chi connectivity index (χ0n) is 13.0. The van der Waals surface area contributed by atoms with Crippen molar-refractivity contribution in [2.75, 3.05) is 21.0 Å². The van der Waals surface area contributed by atoms with E-state index in [9.17, 15) is 0 Å². The van der Waals surface area contributed by atoms with Crippen molar-refractivity contribution in [3.05, 3.63) is 34.9 Å². The van der Waals surface area contributed by atoms with Crippen LogP contribution < -0.4 is 9.47 Å². The van der Waals surface area contributed by atoms with Crippen molar-refractivity contribution in [1.29, 1.82) is 0 Å². The molecule has 3 rings (SSSR count). The van der Waals surface area contributed by atoms with Crippen LogP contribution in [0.15, 0.2) is 34.9 Å². The summed E-state index contributed by atoms with van der Waals surface area (Å²) in [7, 11) is 5.07. The molecule has 0 atom stereocenters. The Hall–Kier alpha value is -2.12. The standard InChI is InChI=1S/C16H16BrN3O3/c1-20-8-13-16(19-20)15(22-3)7-12(18-13)10-4-5-11(17)14(6-10)23-9-21-2/h4-8H,9H2,1-3H3. The number of nitrogens with zero attached hydrogens (tertiary/aromatic N) is 3. The second-order valence-electron chi connectivity index (χ2n) is 4.94. The SMILES string of the molecule is COCOc1cc(-c2cc(OC)c3nn(C)cc3n2)ccc1Br. The van der Waals surface area contributed by atoms with Gasteiger partial charge in [-0.05, 0) is 28.1 Å². The third-order valence-corrected chi connectivity index (χ3v) is 3.99. The van der Waals surface area contributed by atoms with Crippen molar-refractivity contribution in [3.63, 3.8) is 0 Å². The molecular formula is C16H16BrN3O3. The van der Waals surface area contributed by atoms with Crippen LogP contribution in [0.1, 0.15) is 0 Å². The number of pyridine rings is 1. The molecule has 0 bridgehead atoms. The maximum Gasteiger partial charge on any atom is 0.188 e. The van der Waals surface area contributed by atoms with Crippen LogP contribution in [0, 0.1) is 0 Å². The fourth-order valence-corrected chi connectivity index (χ4v) is 2.65. The molecule has 3 aromatic rings. The van der Waals surface area contributed by atoms with Crippen molar-refractivity contribution < 1.29 is 14.2 Å². The molecule has 0 aliphatic rings. The first kappa shape index (κ1) is 15.8. The molecule has 23 heavy (non-hydrogen) atoms. The number of fused-ring (bicyclic) bond motifs is 1. The predicted molar refractivity (Wildman–Crippen MR) is 90.7 cm³/mol. The van der Waals surface area contributed by atoms with E-state index in [-0.39, 0.29) is 6.79 Å². The molecule has 0 aliphatic carbocycles. The Labute approximate surface area is 142 Å². The average Bonchev–Trinajstić information content (AvgIpc) is 2.93. The molecule has 120 valence electrons. The lowest BCUT2D eigenvalue weighted by Crippen LogP contribution is -1.99. The van der Waals surface area contributed by atoms with Gasteiger partial charge in [0, 0.05) is 25.8 Å². The lowest BCUT2D eigenvalue weighted by molar-refractivity contribution is 0.0506. The number of hydrogen-bond acceptors (Lipinski definition) is 5. The van der Waals surface area contributed by atoms with Crippen LogP contribution in [-0.4, -0.2) is 35.8 Å². The van der Waals surface area contributed by atoms with E-state index in [0.29, 0.717) is 11.5 Å². The molecular weight excluding hydrogens is 362 g/mol. The first-order valence-corrected chi connectivity index (χ1v) is 7.71.